The van der Waals surface area contributed by atoms with Crippen molar-refractivity contribution in [1.82, 2.24) is 5.32 Å². The van der Waals surface area contributed by atoms with Gasteiger partial charge in [-0.2, -0.15) is 0 Å². The Hall–Kier alpha value is -3.80. The number of amides is 2. The van der Waals surface area contributed by atoms with Gasteiger partial charge in [-0.1, -0.05) is 36.4 Å². The van der Waals surface area contributed by atoms with Crippen LogP contribution in [0.5, 0.6) is 11.5 Å². The second-order valence-corrected chi connectivity index (χ2v) is 6.20. The highest BCUT2D eigenvalue weighted by Crippen LogP contribution is 2.21. The molecule has 2 amide bonds. The number of rotatable bonds is 7. The highest BCUT2D eigenvalue weighted by atomic mass is 16.5. The summed E-state index contributed by atoms with van der Waals surface area (Å²) in [5.74, 6) is -0.404. The largest absolute Gasteiger partial charge is 0.508 e. The van der Waals surface area contributed by atoms with Gasteiger partial charge in [0.25, 0.3) is 11.8 Å². The van der Waals surface area contributed by atoms with Gasteiger partial charge in [0.05, 0.1) is 5.56 Å². The second kappa shape index (κ2) is 8.73. The molecule has 0 saturated heterocycles. The highest BCUT2D eigenvalue weighted by Gasteiger charge is 2.12. The smallest absolute Gasteiger partial charge is 0.252 e. The van der Waals surface area contributed by atoms with E-state index in [-0.39, 0.29) is 23.8 Å². The zero-order chi connectivity index (χ0) is 19.9. The number of carbonyl (C=O) groups is 2. The predicted molar refractivity (Wildman–Crippen MR) is 105 cm³/mol. The zero-order valence-corrected chi connectivity index (χ0v) is 15.1. The van der Waals surface area contributed by atoms with E-state index in [1.807, 2.05) is 30.3 Å². The third-order valence-electron chi connectivity index (χ3n) is 4.13. The second-order valence-electron chi connectivity index (χ2n) is 6.20. The van der Waals surface area contributed by atoms with Gasteiger partial charge in [-0.25, -0.2) is 0 Å². The summed E-state index contributed by atoms with van der Waals surface area (Å²) in [6.07, 6.45) is 0. The maximum Gasteiger partial charge on any atom is 0.252 e. The molecule has 28 heavy (non-hydrogen) atoms. The van der Waals surface area contributed by atoms with Gasteiger partial charge in [-0.05, 0) is 47.5 Å². The number of benzene rings is 3. The van der Waals surface area contributed by atoms with Crippen LogP contribution in [0.25, 0.3) is 0 Å². The summed E-state index contributed by atoms with van der Waals surface area (Å²) in [7, 11) is 0. The lowest BCUT2D eigenvalue weighted by atomic mass is 10.1. The Morgan fingerprint density at radius 2 is 1.64 bits per heavy atom. The van der Waals surface area contributed by atoms with Gasteiger partial charge in [0.2, 0.25) is 0 Å². The van der Waals surface area contributed by atoms with Gasteiger partial charge in [0.1, 0.15) is 18.1 Å². The molecule has 0 heterocycles. The Bertz CT molecular complexity index is 970. The minimum Gasteiger partial charge on any atom is -0.508 e. The van der Waals surface area contributed by atoms with Crippen molar-refractivity contribution in [3.63, 3.8) is 0 Å². The van der Waals surface area contributed by atoms with Crippen molar-refractivity contribution in [2.75, 3.05) is 0 Å². The van der Waals surface area contributed by atoms with Gasteiger partial charge in [0, 0.05) is 12.1 Å². The molecule has 0 aromatic heterocycles. The van der Waals surface area contributed by atoms with Crippen LogP contribution in [-0.2, 0) is 13.2 Å². The van der Waals surface area contributed by atoms with E-state index in [9.17, 15) is 14.7 Å². The number of hydrogen-bond acceptors (Lipinski definition) is 4. The number of carbonyl (C=O) groups excluding carboxylic acids is 2. The SMILES string of the molecule is NC(=O)c1cc(CNC(=O)c2ccc(O)cc2)ccc1OCc1ccccc1. The number of hydrogen-bond donors (Lipinski definition) is 3. The molecule has 0 fully saturated rings. The average Bonchev–Trinajstić information content (AvgIpc) is 2.72. The van der Waals surface area contributed by atoms with Gasteiger partial charge in [0.15, 0.2) is 0 Å². The van der Waals surface area contributed by atoms with E-state index in [1.54, 1.807) is 18.2 Å². The topological polar surface area (TPSA) is 102 Å². The molecular weight excluding hydrogens is 356 g/mol. The Morgan fingerprint density at radius 1 is 0.929 bits per heavy atom. The van der Waals surface area contributed by atoms with Crippen molar-refractivity contribution in [3.05, 3.63) is 95.1 Å². The van der Waals surface area contributed by atoms with Gasteiger partial charge in [-0.3, -0.25) is 9.59 Å². The molecule has 0 atom stereocenters. The van der Waals surface area contributed by atoms with E-state index >= 15 is 0 Å². The predicted octanol–water partition coefficient (Wildman–Crippen LogP) is 3.00. The van der Waals surface area contributed by atoms with Crippen LogP contribution in [0.4, 0.5) is 0 Å². The number of primary amides is 1. The van der Waals surface area contributed by atoms with E-state index in [2.05, 4.69) is 5.32 Å². The number of phenolic OH excluding ortho intramolecular Hbond substituents is 1. The quantitative estimate of drug-likeness (QED) is 0.590. The van der Waals surface area contributed by atoms with Crippen molar-refractivity contribution in [2.45, 2.75) is 13.2 Å². The summed E-state index contributed by atoms with van der Waals surface area (Å²) >= 11 is 0. The number of ether oxygens (including phenoxy) is 1. The number of aromatic hydroxyl groups is 1. The summed E-state index contributed by atoms with van der Waals surface area (Å²) in [5, 5.41) is 12.0. The standard InChI is InChI=1S/C22H20N2O4/c23-21(26)19-12-16(13-24-22(27)17-7-9-18(25)10-8-17)6-11-20(19)28-14-15-4-2-1-3-5-15/h1-12,25H,13-14H2,(H2,23,26)(H,24,27). The number of nitrogens with two attached hydrogens (primary N) is 1. The van der Waals surface area contributed by atoms with Crippen LogP contribution in [0.3, 0.4) is 0 Å². The van der Waals surface area contributed by atoms with E-state index in [1.165, 1.54) is 24.3 Å². The maximum atomic E-state index is 12.2. The molecule has 6 heteroatoms. The third-order valence-corrected chi connectivity index (χ3v) is 4.13. The Kier molecular flexibility index (Phi) is 5.91. The average molecular weight is 376 g/mol. The molecule has 0 aliphatic heterocycles. The molecule has 0 unspecified atom stereocenters. The van der Waals surface area contributed by atoms with Crippen LogP contribution in [0.2, 0.25) is 0 Å². The Labute approximate surface area is 162 Å². The molecule has 0 spiro atoms. The summed E-state index contributed by atoms with van der Waals surface area (Å²) in [6.45, 7) is 0.539. The first-order valence-electron chi connectivity index (χ1n) is 8.69. The minimum atomic E-state index is -0.602. The number of phenols is 1. The summed E-state index contributed by atoms with van der Waals surface area (Å²) in [5.41, 5.74) is 7.86. The van der Waals surface area contributed by atoms with Gasteiger partial charge in [-0.15, -0.1) is 0 Å². The first kappa shape index (κ1) is 19.0. The molecule has 4 N–H and O–H groups in total. The Morgan fingerprint density at radius 3 is 2.32 bits per heavy atom. The molecule has 6 nitrogen and oxygen atoms in total. The molecule has 0 aliphatic rings. The van der Waals surface area contributed by atoms with E-state index in [0.29, 0.717) is 23.5 Å². The lowest BCUT2D eigenvalue weighted by Crippen LogP contribution is -2.23. The number of nitrogens with one attached hydrogen (secondary N) is 1. The zero-order valence-electron chi connectivity index (χ0n) is 15.1. The van der Waals surface area contributed by atoms with Crippen molar-refractivity contribution in [3.8, 4) is 11.5 Å². The normalized spacial score (nSPS) is 10.3. The minimum absolute atomic E-state index is 0.0914. The first-order chi connectivity index (χ1) is 13.5. The molecular formula is C22H20N2O4. The summed E-state index contributed by atoms with van der Waals surface area (Å²) in [6, 6.07) is 20.6. The van der Waals surface area contributed by atoms with Crippen molar-refractivity contribution >= 4 is 11.8 Å². The summed E-state index contributed by atoms with van der Waals surface area (Å²) < 4.78 is 5.73. The van der Waals surface area contributed by atoms with Crippen molar-refractivity contribution in [1.29, 1.82) is 0 Å². The van der Waals surface area contributed by atoms with Crippen LogP contribution in [0, 0.1) is 0 Å². The molecule has 3 aromatic carbocycles. The lowest BCUT2D eigenvalue weighted by molar-refractivity contribution is 0.0950. The first-order valence-corrected chi connectivity index (χ1v) is 8.69. The molecule has 3 aromatic rings. The van der Waals surface area contributed by atoms with Gasteiger partial charge >= 0.3 is 0 Å². The third kappa shape index (κ3) is 4.88. The molecule has 0 aliphatic carbocycles. The fourth-order valence-corrected chi connectivity index (χ4v) is 2.64. The van der Waals surface area contributed by atoms with Gasteiger partial charge < -0.3 is 20.9 Å². The van der Waals surface area contributed by atoms with Crippen LogP contribution in [-0.4, -0.2) is 16.9 Å². The van der Waals surface area contributed by atoms with E-state index in [4.69, 9.17) is 10.5 Å². The lowest BCUT2D eigenvalue weighted by Gasteiger charge is -2.12. The maximum absolute atomic E-state index is 12.2. The Balaban J connectivity index is 1.67. The monoisotopic (exact) mass is 376 g/mol. The van der Waals surface area contributed by atoms with E-state index in [0.717, 1.165) is 5.56 Å². The van der Waals surface area contributed by atoms with Crippen LogP contribution < -0.4 is 15.8 Å². The fraction of sp³-hybridized carbons (Fsp3) is 0.0909. The van der Waals surface area contributed by atoms with Crippen molar-refractivity contribution < 1.29 is 19.4 Å². The molecule has 0 radical (unpaired) electrons. The fourth-order valence-electron chi connectivity index (χ4n) is 2.64. The van der Waals surface area contributed by atoms with E-state index < -0.39 is 5.91 Å². The summed E-state index contributed by atoms with van der Waals surface area (Å²) in [4.78, 5) is 24.0. The van der Waals surface area contributed by atoms with Crippen LogP contribution in [0.1, 0.15) is 31.8 Å². The highest BCUT2D eigenvalue weighted by molar-refractivity contribution is 5.96. The molecule has 0 bridgehead atoms. The molecule has 3 rings (SSSR count). The van der Waals surface area contributed by atoms with Crippen LogP contribution in [0.15, 0.2) is 72.8 Å². The van der Waals surface area contributed by atoms with Crippen molar-refractivity contribution in [2.24, 2.45) is 5.73 Å². The van der Waals surface area contributed by atoms with Crippen LogP contribution >= 0.6 is 0 Å². The molecule has 142 valence electrons. The molecule has 0 saturated carbocycles.